The van der Waals surface area contributed by atoms with Gasteiger partial charge in [-0.05, 0) is 77.8 Å². The molecule has 1 fully saturated rings. The van der Waals surface area contributed by atoms with E-state index < -0.39 is 89.2 Å². The third-order valence-electron chi connectivity index (χ3n) is 9.13. The van der Waals surface area contributed by atoms with Crippen molar-refractivity contribution >= 4 is 47.3 Å². The van der Waals surface area contributed by atoms with Crippen LogP contribution in [0.1, 0.15) is 85.6 Å². The molecule has 1 aromatic carbocycles. The molecule has 1 aromatic rings. The first kappa shape index (κ1) is 46.1. The van der Waals surface area contributed by atoms with E-state index in [1.807, 2.05) is 18.2 Å². The highest BCUT2D eigenvalue weighted by atomic mass is 16.3. The number of carbonyl (C=O) groups excluding carboxylic acids is 8. The largest absolute Gasteiger partial charge is 0.394 e. The van der Waals surface area contributed by atoms with Gasteiger partial charge < -0.3 is 53.8 Å². The van der Waals surface area contributed by atoms with Crippen molar-refractivity contribution in [2.24, 2.45) is 17.4 Å². The van der Waals surface area contributed by atoms with Gasteiger partial charge >= 0.3 is 0 Å². The van der Waals surface area contributed by atoms with E-state index >= 15 is 0 Å². The zero-order valence-corrected chi connectivity index (χ0v) is 32.6. The molecule has 0 radical (unpaired) electrons. The Balaban J connectivity index is 2.17. The van der Waals surface area contributed by atoms with Gasteiger partial charge in [0.05, 0.1) is 18.7 Å². The molecule has 1 saturated heterocycles. The number of aliphatic hydroxyl groups is 1. The Morgan fingerprint density at radius 2 is 1.31 bits per heavy atom. The molecule has 1 aliphatic heterocycles. The predicted molar refractivity (Wildman–Crippen MR) is 202 cm³/mol. The molecule has 0 saturated carbocycles. The molecule has 5 atom stereocenters. The monoisotopic (exact) mass is 773 g/mol. The van der Waals surface area contributed by atoms with E-state index in [-0.39, 0.29) is 43.9 Å². The fourth-order valence-corrected chi connectivity index (χ4v) is 5.72. The first-order chi connectivity index (χ1) is 25.7. The van der Waals surface area contributed by atoms with Crippen molar-refractivity contribution in [3.8, 4) is 0 Å². The van der Waals surface area contributed by atoms with E-state index in [4.69, 9.17) is 11.5 Å². The smallest absolute Gasteiger partial charge is 0.246 e. The Bertz CT molecular complexity index is 1530. The predicted octanol–water partition coefficient (Wildman–Crippen LogP) is -2.11. The van der Waals surface area contributed by atoms with Crippen LogP contribution in [0.25, 0.3) is 0 Å². The maximum absolute atomic E-state index is 13.6. The van der Waals surface area contributed by atoms with Crippen molar-refractivity contribution in [3.63, 3.8) is 0 Å². The maximum Gasteiger partial charge on any atom is 0.246 e. The average molecular weight is 774 g/mol. The second-order valence-corrected chi connectivity index (χ2v) is 15.2. The molecule has 12 N–H and O–H groups in total. The number of hydrogen-bond acceptors (Lipinski definition) is 10. The number of nitrogens with one attached hydrogen (secondary N) is 7. The Hall–Kier alpha value is -5.10. The third kappa shape index (κ3) is 15.3. The zero-order valence-electron chi connectivity index (χ0n) is 32.6. The lowest BCUT2D eigenvalue weighted by atomic mass is 9.96. The third-order valence-corrected chi connectivity index (χ3v) is 9.13. The normalized spacial score (nSPS) is 16.5. The minimum absolute atomic E-state index is 0.214. The van der Waals surface area contributed by atoms with E-state index in [2.05, 4.69) is 37.2 Å². The summed E-state index contributed by atoms with van der Waals surface area (Å²) in [7, 11) is 0. The molecule has 0 unspecified atom stereocenters. The highest BCUT2D eigenvalue weighted by Gasteiger charge is 2.40. The van der Waals surface area contributed by atoms with Crippen LogP contribution in [0.3, 0.4) is 0 Å². The molecule has 0 spiro atoms. The van der Waals surface area contributed by atoms with Gasteiger partial charge in [-0.25, -0.2) is 0 Å². The molecular weight excluding hydrogens is 714 g/mol. The van der Waals surface area contributed by atoms with Crippen LogP contribution >= 0.6 is 0 Å². The van der Waals surface area contributed by atoms with Crippen LogP contribution in [-0.4, -0.2) is 107 Å². The Kier molecular flexibility index (Phi) is 17.7. The lowest BCUT2D eigenvalue weighted by molar-refractivity contribution is -0.139. The number of amides is 8. The highest BCUT2D eigenvalue weighted by molar-refractivity contribution is 5.99. The van der Waals surface area contributed by atoms with Crippen molar-refractivity contribution in [3.05, 3.63) is 35.9 Å². The van der Waals surface area contributed by atoms with Crippen molar-refractivity contribution in [1.29, 1.82) is 0 Å². The Morgan fingerprint density at radius 3 is 1.82 bits per heavy atom. The van der Waals surface area contributed by atoms with Crippen LogP contribution in [0, 0.1) is 5.92 Å². The van der Waals surface area contributed by atoms with Crippen molar-refractivity contribution in [2.75, 3.05) is 13.2 Å². The first-order valence-corrected chi connectivity index (χ1v) is 18.5. The molecule has 1 heterocycles. The standard InChI is InChI=1S/C37H59N9O9/c1-21(2)29(44-30(50)24-13-10-18-40-24)33(53)45-37(5,6)35(55)46-36(3,4)34(54)43-26(15-17-28(39)49)32(52)42-25(14-16-27(38)48)31(51)41-23(20-47)19-22-11-8-7-9-12-22/h7-9,11-12,21,23-26,29,40,47H,10,13-20H2,1-6H3,(H2,38,48)(H2,39,49)(H,41,51)(H,42,52)(H,43,54)(H,44,50)(H,45,53)(H,46,55)/t23-,24-,25-,26-,29-/m0/s1. The van der Waals surface area contributed by atoms with Gasteiger partial charge in [-0.1, -0.05) is 44.2 Å². The van der Waals surface area contributed by atoms with Crippen molar-refractivity contribution in [2.45, 2.75) is 128 Å². The number of rotatable bonds is 22. The fraction of sp³-hybridized carbons (Fsp3) is 0.622. The Morgan fingerprint density at radius 1 is 0.764 bits per heavy atom. The van der Waals surface area contributed by atoms with Crippen molar-refractivity contribution < 1.29 is 43.5 Å². The molecule has 0 aromatic heterocycles. The number of aliphatic hydroxyl groups excluding tert-OH is 1. The number of benzene rings is 1. The van der Waals surface area contributed by atoms with Crippen LogP contribution in [0.15, 0.2) is 30.3 Å². The molecule has 8 amide bonds. The van der Waals surface area contributed by atoms with Gasteiger partial charge in [0.1, 0.15) is 29.2 Å². The zero-order chi connectivity index (χ0) is 41.5. The summed E-state index contributed by atoms with van der Waals surface area (Å²) < 4.78 is 0. The second kappa shape index (κ2) is 21.1. The van der Waals surface area contributed by atoms with Gasteiger partial charge in [-0.2, -0.15) is 0 Å². The minimum Gasteiger partial charge on any atom is -0.394 e. The summed E-state index contributed by atoms with van der Waals surface area (Å²) >= 11 is 0. The molecule has 2 rings (SSSR count). The van der Waals surface area contributed by atoms with Crippen molar-refractivity contribution in [1.82, 2.24) is 37.2 Å². The number of primary amides is 2. The van der Waals surface area contributed by atoms with E-state index in [1.54, 1.807) is 26.0 Å². The lowest BCUT2D eigenvalue weighted by Gasteiger charge is -2.34. The average Bonchev–Trinajstić information content (AvgIpc) is 3.65. The molecule has 18 nitrogen and oxygen atoms in total. The quantitative estimate of drug-likeness (QED) is 0.0612. The molecule has 0 bridgehead atoms. The van der Waals surface area contributed by atoms with Gasteiger partial charge in [-0.15, -0.1) is 0 Å². The first-order valence-electron chi connectivity index (χ1n) is 18.5. The van der Waals surface area contributed by atoms with Crippen LogP contribution in [0.2, 0.25) is 0 Å². The summed E-state index contributed by atoms with van der Waals surface area (Å²) in [6, 6.07) is 4.17. The SMILES string of the molecule is CC(C)[C@H](NC(=O)[C@@H]1CCCN1)C(=O)NC(C)(C)C(=O)NC(C)(C)C(=O)N[C@@H](CCC(N)=O)C(=O)N[C@@H](CCC(N)=O)C(=O)N[C@H](CO)Cc1ccccc1. The molecule has 1 aliphatic rings. The van der Waals surface area contributed by atoms with E-state index in [0.29, 0.717) is 13.0 Å². The number of hydrogen-bond donors (Lipinski definition) is 10. The Labute approximate surface area is 321 Å². The number of carbonyl (C=O) groups is 8. The molecule has 55 heavy (non-hydrogen) atoms. The van der Waals surface area contributed by atoms with Gasteiger partial charge in [0.2, 0.25) is 47.3 Å². The van der Waals surface area contributed by atoms with Gasteiger partial charge in [0, 0.05) is 12.8 Å². The summed E-state index contributed by atoms with van der Waals surface area (Å²) in [5.41, 5.74) is 8.21. The fourth-order valence-electron chi connectivity index (χ4n) is 5.72. The second-order valence-electron chi connectivity index (χ2n) is 15.2. The molecule has 18 heteroatoms. The summed E-state index contributed by atoms with van der Waals surface area (Å²) in [5, 5.41) is 28.7. The lowest BCUT2D eigenvalue weighted by Crippen LogP contribution is -2.66. The molecule has 306 valence electrons. The van der Waals surface area contributed by atoms with E-state index in [1.165, 1.54) is 27.7 Å². The van der Waals surface area contributed by atoms with Gasteiger partial charge in [0.25, 0.3) is 0 Å². The highest BCUT2D eigenvalue weighted by Crippen LogP contribution is 2.14. The summed E-state index contributed by atoms with van der Waals surface area (Å²) in [4.78, 5) is 103. The van der Waals surface area contributed by atoms with Gasteiger partial charge in [-0.3, -0.25) is 38.4 Å². The van der Waals surface area contributed by atoms with Crippen LogP contribution in [0.4, 0.5) is 0 Å². The van der Waals surface area contributed by atoms with E-state index in [0.717, 1.165) is 12.0 Å². The summed E-state index contributed by atoms with van der Waals surface area (Å²) in [6.45, 7) is 9.34. The minimum atomic E-state index is -1.70. The van der Waals surface area contributed by atoms with E-state index in [9.17, 15) is 43.5 Å². The summed E-state index contributed by atoms with van der Waals surface area (Å²) in [6.07, 6.45) is 0.621. The maximum atomic E-state index is 13.6. The van der Waals surface area contributed by atoms with Gasteiger partial charge in [0.15, 0.2) is 0 Å². The molecular formula is C37H59N9O9. The molecule has 0 aliphatic carbocycles. The number of nitrogens with two attached hydrogens (primary N) is 2. The summed E-state index contributed by atoms with van der Waals surface area (Å²) in [5.74, 6) is -6.00. The van der Waals surface area contributed by atoms with Crippen LogP contribution in [-0.2, 0) is 44.8 Å². The topological polar surface area (TPSA) is 293 Å². The van der Waals surface area contributed by atoms with Crippen LogP contribution < -0.4 is 48.7 Å². The van der Waals surface area contributed by atoms with Crippen LogP contribution in [0.5, 0.6) is 0 Å².